The van der Waals surface area contributed by atoms with E-state index in [1.54, 1.807) is 0 Å². The summed E-state index contributed by atoms with van der Waals surface area (Å²) in [5.41, 5.74) is 7.58. The van der Waals surface area contributed by atoms with Crippen molar-refractivity contribution < 1.29 is 14.7 Å². The van der Waals surface area contributed by atoms with Gasteiger partial charge in [-0.2, -0.15) is 5.26 Å². The smallest absolute Gasteiger partial charge is 0.143 e. The second-order valence-electron chi connectivity index (χ2n) is 8.72. The van der Waals surface area contributed by atoms with Crippen molar-refractivity contribution in [3.8, 4) is 11.8 Å². The quantitative estimate of drug-likeness (QED) is 0.625. The molecule has 0 aromatic heterocycles. The molecule has 6 nitrogen and oxygen atoms in total. The van der Waals surface area contributed by atoms with E-state index < -0.39 is 0 Å². The molecule has 1 aliphatic heterocycles. The van der Waals surface area contributed by atoms with Crippen molar-refractivity contribution in [1.82, 2.24) is 5.32 Å². The van der Waals surface area contributed by atoms with Crippen molar-refractivity contribution in [1.29, 1.82) is 5.26 Å². The van der Waals surface area contributed by atoms with Gasteiger partial charge in [0.2, 0.25) is 0 Å². The molecule has 33 heavy (non-hydrogen) atoms. The molecule has 0 saturated heterocycles. The molecule has 1 fully saturated rings. The molecule has 1 atom stereocenters. The van der Waals surface area contributed by atoms with Gasteiger partial charge in [-0.05, 0) is 73.6 Å². The van der Waals surface area contributed by atoms with Gasteiger partial charge in [0.1, 0.15) is 18.1 Å². The van der Waals surface area contributed by atoms with E-state index in [9.17, 15) is 10.4 Å². The van der Waals surface area contributed by atoms with Gasteiger partial charge in [0.05, 0.1) is 25.2 Å². The molecule has 1 heterocycles. The van der Waals surface area contributed by atoms with Crippen molar-refractivity contribution in [2.75, 3.05) is 19.8 Å². The normalized spacial score (nSPS) is 19.8. The number of hydrogen-bond acceptors (Lipinski definition) is 6. The number of benzene rings is 1. The van der Waals surface area contributed by atoms with Crippen LogP contribution in [0.3, 0.4) is 0 Å². The average molecular weight is 446 g/mol. The van der Waals surface area contributed by atoms with Gasteiger partial charge in [0.15, 0.2) is 0 Å². The van der Waals surface area contributed by atoms with Gasteiger partial charge in [-0.1, -0.05) is 29.5 Å². The minimum Gasteiger partial charge on any atom is -0.491 e. The van der Waals surface area contributed by atoms with Crippen LogP contribution in [-0.2, 0) is 11.3 Å². The largest absolute Gasteiger partial charge is 0.491 e. The van der Waals surface area contributed by atoms with E-state index in [0.717, 1.165) is 47.4 Å². The van der Waals surface area contributed by atoms with E-state index in [1.807, 2.05) is 32.0 Å². The maximum absolute atomic E-state index is 9.28. The molecule has 6 heteroatoms. The Hall–Kier alpha value is -3.14. The lowest BCUT2D eigenvalue weighted by atomic mass is 9.93. The highest BCUT2D eigenvalue weighted by atomic mass is 16.6. The molecule has 3 aliphatic rings. The highest BCUT2D eigenvalue weighted by Crippen LogP contribution is 2.37. The summed E-state index contributed by atoms with van der Waals surface area (Å²) < 4.78 is 5.89. The summed E-state index contributed by atoms with van der Waals surface area (Å²) in [7, 11) is 0. The highest BCUT2D eigenvalue weighted by molar-refractivity contribution is 6.13. The molecule has 1 unspecified atom stereocenters. The lowest BCUT2D eigenvalue weighted by Crippen LogP contribution is -2.30. The zero-order valence-corrected chi connectivity index (χ0v) is 19.3. The van der Waals surface area contributed by atoms with Gasteiger partial charge >= 0.3 is 0 Å². The Bertz CT molecular complexity index is 1090. The van der Waals surface area contributed by atoms with Crippen LogP contribution in [0.2, 0.25) is 0 Å². The fraction of sp³-hybridized carbons (Fsp3) is 0.407. The number of rotatable bonds is 8. The van der Waals surface area contributed by atoms with Crippen LogP contribution in [0.5, 0.6) is 5.75 Å². The number of ether oxygens (including phenoxy) is 1. The summed E-state index contributed by atoms with van der Waals surface area (Å²) in [5.74, 6) is 0.752. The first-order valence-electron chi connectivity index (χ1n) is 11.6. The third-order valence-corrected chi connectivity index (χ3v) is 6.07. The predicted molar refractivity (Wildman–Crippen MR) is 130 cm³/mol. The van der Waals surface area contributed by atoms with Crippen LogP contribution < -0.4 is 10.1 Å². The van der Waals surface area contributed by atoms with Gasteiger partial charge in [-0.25, -0.2) is 0 Å². The Morgan fingerprint density at radius 3 is 3.00 bits per heavy atom. The summed E-state index contributed by atoms with van der Waals surface area (Å²) in [5, 5.41) is 26.3. The molecule has 0 bridgehead atoms. The fourth-order valence-electron chi connectivity index (χ4n) is 4.62. The first kappa shape index (κ1) is 23.0. The first-order chi connectivity index (χ1) is 16.1. The molecule has 2 aliphatic carbocycles. The molecular weight excluding hydrogens is 414 g/mol. The van der Waals surface area contributed by atoms with E-state index in [1.165, 1.54) is 16.7 Å². The number of nitrogens with one attached hydrogen (secondary N) is 1. The number of aliphatic hydroxyl groups excluding tert-OH is 1. The second kappa shape index (κ2) is 10.7. The Balaban J connectivity index is 1.65. The minimum atomic E-state index is 0.0466. The molecule has 2 N–H and O–H groups in total. The molecule has 0 amide bonds. The lowest BCUT2D eigenvalue weighted by Gasteiger charge is -2.19. The summed E-state index contributed by atoms with van der Waals surface area (Å²) in [6.07, 6.45) is 11.7. The van der Waals surface area contributed by atoms with Gasteiger partial charge in [-0.3, -0.25) is 0 Å². The van der Waals surface area contributed by atoms with E-state index in [0.29, 0.717) is 19.6 Å². The van der Waals surface area contributed by atoms with Crippen LogP contribution in [0, 0.1) is 11.3 Å². The molecule has 0 spiro atoms. The van der Waals surface area contributed by atoms with E-state index in [4.69, 9.17) is 9.57 Å². The van der Waals surface area contributed by atoms with Gasteiger partial charge in [0, 0.05) is 23.7 Å². The third-order valence-electron chi connectivity index (χ3n) is 6.07. The van der Waals surface area contributed by atoms with Crippen LogP contribution in [0.25, 0.3) is 5.57 Å². The zero-order chi connectivity index (χ0) is 23.2. The first-order valence-corrected chi connectivity index (χ1v) is 11.6. The van der Waals surface area contributed by atoms with Crippen molar-refractivity contribution in [2.45, 2.75) is 51.7 Å². The molecule has 1 saturated carbocycles. The van der Waals surface area contributed by atoms with Gasteiger partial charge in [0.25, 0.3) is 0 Å². The Kier molecular flexibility index (Phi) is 7.43. The van der Waals surface area contributed by atoms with Gasteiger partial charge in [-0.15, -0.1) is 0 Å². The molecule has 1 aromatic carbocycles. The number of nitrogens with zero attached hydrogens (tertiary/aromatic N) is 2. The van der Waals surface area contributed by atoms with Crippen LogP contribution in [0.15, 0.2) is 64.4 Å². The van der Waals surface area contributed by atoms with Crippen LogP contribution in [-0.4, -0.2) is 42.7 Å². The van der Waals surface area contributed by atoms with Crippen molar-refractivity contribution >= 4 is 11.3 Å². The van der Waals surface area contributed by atoms with Gasteiger partial charge < -0.3 is 20.0 Å². The maximum Gasteiger partial charge on any atom is 0.143 e. The SMILES string of the molecule is CC(C)Oc1ccc(C2=CC(C3=C4CCC(NCCO)C4=CC=CC3)=NOC2)cc1CC#N. The predicted octanol–water partition coefficient (Wildman–Crippen LogP) is 4.24. The Labute approximate surface area is 195 Å². The fourth-order valence-corrected chi connectivity index (χ4v) is 4.62. The van der Waals surface area contributed by atoms with Crippen molar-refractivity contribution in [3.05, 3.63) is 70.3 Å². The summed E-state index contributed by atoms with van der Waals surface area (Å²) in [6.45, 7) is 5.07. The number of hydrogen-bond donors (Lipinski definition) is 2. The number of allylic oxidation sites excluding steroid dienone is 5. The highest BCUT2D eigenvalue weighted by Gasteiger charge is 2.29. The summed E-state index contributed by atoms with van der Waals surface area (Å²) in [4.78, 5) is 5.68. The Morgan fingerprint density at radius 1 is 1.33 bits per heavy atom. The van der Waals surface area contributed by atoms with Crippen molar-refractivity contribution in [3.63, 3.8) is 0 Å². The minimum absolute atomic E-state index is 0.0466. The summed E-state index contributed by atoms with van der Waals surface area (Å²) >= 11 is 0. The number of nitriles is 1. The van der Waals surface area contributed by atoms with E-state index in [-0.39, 0.29) is 18.8 Å². The topological polar surface area (TPSA) is 86.9 Å². The molecule has 1 aromatic rings. The number of aliphatic hydroxyl groups is 1. The lowest BCUT2D eigenvalue weighted by molar-refractivity contribution is 0.177. The van der Waals surface area contributed by atoms with E-state index >= 15 is 0 Å². The summed E-state index contributed by atoms with van der Waals surface area (Å²) in [6, 6.07) is 8.49. The standard InChI is InChI=1S/C27H31N3O3/c1-18(2)33-27-10-7-19(15-20(27)11-12-28)21-16-26(30-32-17-21)24-6-4-3-5-23-22(24)8-9-25(23)29-13-14-31/h3-5,7,10,15-16,18,25,29,31H,6,8-9,11,13-14,17H2,1-2H3. The Morgan fingerprint density at radius 2 is 2.21 bits per heavy atom. The second-order valence-corrected chi connectivity index (χ2v) is 8.72. The third kappa shape index (κ3) is 5.27. The number of fused-ring (bicyclic) bond motifs is 1. The van der Waals surface area contributed by atoms with Crippen LogP contribution >= 0.6 is 0 Å². The average Bonchev–Trinajstić information content (AvgIpc) is 3.08. The monoisotopic (exact) mass is 445 g/mol. The zero-order valence-electron chi connectivity index (χ0n) is 19.3. The van der Waals surface area contributed by atoms with Crippen LogP contribution in [0.4, 0.5) is 0 Å². The van der Waals surface area contributed by atoms with Crippen molar-refractivity contribution in [2.24, 2.45) is 5.16 Å². The molecule has 172 valence electrons. The molecular formula is C27H31N3O3. The molecule has 4 rings (SSSR count). The molecule has 0 radical (unpaired) electrons. The maximum atomic E-state index is 9.28. The van der Waals surface area contributed by atoms with Crippen LogP contribution in [0.1, 0.15) is 44.2 Å². The van der Waals surface area contributed by atoms with E-state index in [2.05, 4.69) is 40.8 Å². The number of oxime groups is 1.